The zero-order valence-corrected chi connectivity index (χ0v) is 12.1. The Hall–Kier alpha value is -2.30. The highest BCUT2D eigenvalue weighted by atomic mass is 16.5. The van der Waals surface area contributed by atoms with Crippen molar-refractivity contribution < 1.29 is 9.53 Å². The molecule has 20 heavy (non-hydrogen) atoms. The molecule has 1 aromatic carbocycles. The highest BCUT2D eigenvalue weighted by Gasteiger charge is 2.14. The summed E-state index contributed by atoms with van der Waals surface area (Å²) in [7, 11) is 1.59. The second kappa shape index (κ2) is 5.36. The van der Waals surface area contributed by atoms with Crippen LogP contribution in [0.25, 0.3) is 11.3 Å². The van der Waals surface area contributed by atoms with Crippen LogP contribution in [0.2, 0.25) is 0 Å². The molecule has 0 unspecified atom stereocenters. The van der Waals surface area contributed by atoms with Crippen molar-refractivity contribution in [2.24, 2.45) is 7.05 Å². The number of nitrogens with one attached hydrogen (secondary N) is 1. The van der Waals surface area contributed by atoms with Crippen molar-refractivity contribution in [3.8, 4) is 17.0 Å². The van der Waals surface area contributed by atoms with Gasteiger partial charge < -0.3 is 4.74 Å². The molecule has 0 aliphatic rings. The number of aromatic amines is 1. The van der Waals surface area contributed by atoms with Gasteiger partial charge in [0.1, 0.15) is 11.3 Å². The standard InChI is InChI=1S/C15H18N2O3/c1-9(2)20-13-6-5-11(7-10(13)3)14-12(8-18)15(19)17(4)16-14/h5-9,16H,1-4H3. The van der Waals surface area contributed by atoms with Crippen LogP contribution >= 0.6 is 0 Å². The Balaban J connectivity index is 2.49. The predicted molar refractivity (Wildman–Crippen MR) is 77.4 cm³/mol. The third-order valence-electron chi connectivity index (χ3n) is 3.03. The van der Waals surface area contributed by atoms with Crippen LogP contribution in [0.15, 0.2) is 23.0 Å². The number of aryl methyl sites for hydroxylation is 2. The van der Waals surface area contributed by atoms with Crippen LogP contribution in [-0.2, 0) is 7.05 Å². The van der Waals surface area contributed by atoms with Crippen molar-refractivity contribution in [1.29, 1.82) is 0 Å². The van der Waals surface area contributed by atoms with Gasteiger partial charge in [0.15, 0.2) is 6.29 Å². The van der Waals surface area contributed by atoms with Crippen LogP contribution in [0.3, 0.4) is 0 Å². The molecule has 0 radical (unpaired) electrons. The lowest BCUT2D eigenvalue weighted by Gasteiger charge is -2.13. The van der Waals surface area contributed by atoms with E-state index in [9.17, 15) is 9.59 Å². The Morgan fingerprint density at radius 1 is 1.35 bits per heavy atom. The predicted octanol–water partition coefficient (Wildman–Crippen LogP) is 2.29. The summed E-state index contributed by atoms with van der Waals surface area (Å²) in [5.74, 6) is 0.801. The van der Waals surface area contributed by atoms with Crippen LogP contribution in [0.5, 0.6) is 5.75 Å². The van der Waals surface area contributed by atoms with E-state index in [0.29, 0.717) is 12.0 Å². The van der Waals surface area contributed by atoms with Crippen molar-refractivity contribution in [1.82, 2.24) is 9.78 Å². The number of nitrogens with zero attached hydrogens (tertiary/aromatic N) is 1. The van der Waals surface area contributed by atoms with Crippen LogP contribution in [-0.4, -0.2) is 22.2 Å². The van der Waals surface area contributed by atoms with Crippen molar-refractivity contribution in [3.63, 3.8) is 0 Å². The lowest BCUT2D eigenvalue weighted by molar-refractivity contribution is 0.112. The maximum absolute atomic E-state index is 11.8. The lowest BCUT2D eigenvalue weighted by atomic mass is 10.1. The number of carbonyl (C=O) groups is 1. The third-order valence-corrected chi connectivity index (χ3v) is 3.03. The zero-order chi connectivity index (χ0) is 14.9. The van der Waals surface area contributed by atoms with E-state index in [1.165, 1.54) is 4.68 Å². The van der Waals surface area contributed by atoms with E-state index >= 15 is 0 Å². The van der Waals surface area contributed by atoms with Crippen LogP contribution in [0, 0.1) is 6.92 Å². The summed E-state index contributed by atoms with van der Waals surface area (Å²) in [6.07, 6.45) is 0.684. The SMILES string of the molecule is Cc1cc(-c2[nH]n(C)c(=O)c2C=O)ccc1OC(C)C. The number of aldehydes is 1. The topological polar surface area (TPSA) is 64.1 Å². The molecule has 0 aliphatic carbocycles. The average molecular weight is 274 g/mol. The highest BCUT2D eigenvalue weighted by Crippen LogP contribution is 2.26. The molecule has 1 N–H and O–H groups in total. The van der Waals surface area contributed by atoms with Crippen molar-refractivity contribution >= 4 is 6.29 Å². The number of hydrogen-bond donors (Lipinski definition) is 1. The molecule has 0 amide bonds. The van der Waals surface area contributed by atoms with Gasteiger partial charge in [-0.2, -0.15) is 0 Å². The summed E-state index contributed by atoms with van der Waals surface area (Å²) in [5.41, 5.74) is 2.10. The first kappa shape index (κ1) is 14.1. The molecule has 1 heterocycles. The second-order valence-corrected chi connectivity index (χ2v) is 5.03. The molecular weight excluding hydrogens is 256 g/mol. The van der Waals surface area contributed by atoms with E-state index in [-0.39, 0.29) is 17.2 Å². The first-order valence-electron chi connectivity index (χ1n) is 6.46. The molecule has 2 aromatic rings. The van der Waals surface area contributed by atoms with Crippen molar-refractivity contribution in [2.45, 2.75) is 26.9 Å². The molecule has 0 fully saturated rings. The third kappa shape index (κ3) is 2.52. The number of H-pyrrole nitrogens is 1. The quantitative estimate of drug-likeness (QED) is 0.870. The number of ether oxygens (including phenoxy) is 1. The Bertz CT molecular complexity index is 696. The number of aromatic nitrogens is 2. The van der Waals surface area contributed by atoms with E-state index in [0.717, 1.165) is 16.9 Å². The van der Waals surface area contributed by atoms with Gasteiger partial charge in [-0.05, 0) is 44.5 Å². The molecule has 106 valence electrons. The van der Waals surface area contributed by atoms with Gasteiger partial charge >= 0.3 is 0 Å². The minimum Gasteiger partial charge on any atom is -0.491 e. The lowest BCUT2D eigenvalue weighted by Crippen LogP contribution is -2.14. The summed E-state index contributed by atoms with van der Waals surface area (Å²) in [6.45, 7) is 5.86. The van der Waals surface area contributed by atoms with Gasteiger partial charge in [0.25, 0.3) is 5.56 Å². The molecule has 0 spiro atoms. The first-order chi connectivity index (χ1) is 9.43. The second-order valence-electron chi connectivity index (χ2n) is 5.03. The van der Waals surface area contributed by atoms with Gasteiger partial charge in [0, 0.05) is 12.6 Å². The fourth-order valence-corrected chi connectivity index (χ4v) is 2.09. The monoisotopic (exact) mass is 274 g/mol. The van der Waals surface area contributed by atoms with Gasteiger partial charge in [0.05, 0.1) is 11.8 Å². The van der Waals surface area contributed by atoms with Crippen LogP contribution in [0.4, 0.5) is 0 Å². The molecule has 0 atom stereocenters. The van der Waals surface area contributed by atoms with Crippen molar-refractivity contribution in [3.05, 3.63) is 39.7 Å². The molecule has 0 bridgehead atoms. The van der Waals surface area contributed by atoms with Gasteiger partial charge in [-0.3, -0.25) is 19.4 Å². The summed E-state index contributed by atoms with van der Waals surface area (Å²) in [6, 6.07) is 5.59. The normalized spacial score (nSPS) is 10.8. The summed E-state index contributed by atoms with van der Waals surface area (Å²) in [5, 5.41) is 2.90. The molecule has 5 heteroatoms. The first-order valence-corrected chi connectivity index (χ1v) is 6.46. The maximum atomic E-state index is 11.8. The van der Waals surface area contributed by atoms with E-state index in [1.807, 2.05) is 39.0 Å². The van der Waals surface area contributed by atoms with Gasteiger partial charge in [-0.15, -0.1) is 0 Å². The summed E-state index contributed by atoms with van der Waals surface area (Å²) in [4.78, 5) is 22.8. The molecule has 0 aliphatic heterocycles. The largest absolute Gasteiger partial charge is 0.491 e. The minimum atomic E-state index is -0.324. The molecule has 5 nitrogen and oxygen atoms in total. The highest BCUT2D eigenvalue weighted by molar-refractivity contribution is 5.85. The molecule has 0 saturated heterocycles. The Labute approximate surface area is 117 Å². The van der Waals surface area contributed by atoms with E-state index < -0.39 is 0 Å². The fourth-order valence-electron chi connectivity index (χ4n) is 2.09. The number of hydrogen-bond acceptors (Lipinski definition) is 3. The van der Waals surface area contributed by atoms with Gasteiger partial charge in [-0.25, -0.2) is 0 Å². The van der Waals surface area contributed by atoms with E-state index in [4.69, 9.17) is 4.74 Å². The molecule has 1 aromatic heterocycles. The average Bonchev–Trinajstić information content (AvgIpc) is 2.67. The van der Waals surface area contributed by atoms with Crippen molar-refractivity contribution in [2.75, 3.05) is 0 Å². The number of rotatable bonds is 4. The Kier molecular flexibility index (Phi) is 3.79. The number of benzene rings is 1. The zero-order valence-electron chi connectivity index (χ0n) is 12.1. The minimum absolute atomic E-state index is 0.0987. The Morgan fingerprint density at radius 3 is 2.60 bits per heavy atom. The number of carbonyl (C=O) groups excluding carboxylic acids is 1. The van der Waals surface area contributed by atoms with E-state index in [1.54, 1.807) is 7.05 Å². The smallest absolute Gasteiger partial charge is 0.277 e. The summed E-state index contributed by atoms with van der Waals surface area (Å²) >= 11 is 0. The molecule has 0 saturated carbocycles. The maximum Gasteiger partial charge on any atom is 0.277 e. The van der Waals surface area contributed by atoms with Gasteiger partial charge in [-0.1, -0.05) is 0 Å². The fraction of sp³-hybridized carbons (Fsp3) is 0.333. The molecular formula is C15H18N2O3. The Morgan fingerprint density at radius 2 is 2.05 bits per heavy atom. The van der Waals surface area contributed by atoms with Crippen LogP contribution < -0.4 is 10.3 Å². The molecule has 2 rings (SSSR count). The van der Waals surface area contributed by atoms with Crippen LogP contribution in [0.1, 0.15) is 29.8 Å². The van der Waals surface area contributed by atoms with Gasteiger partial charge in [0.2, 0.25) is 0 Å². The summed E-state index contributed by atoms with van der Waals surface area (Å²) < 4.78 is 6.97. The van der Waals surface area contributed by atoms with E-state index in [2.05, 4.69) is 5.10 Å².